The summed E-state index contributed by atoms with van der Waals surface area (Å²) in [7, 11) is -2.49. The van der Waals surface area contributed by atoms with E-state index in [-0.39, 0.29) is 11.5 Å². The molecule has 0 saturated carbocycles. The maximum Gasteiger partial charge on any atom is 0.263 e. The summed E-state index contributed by atoms with van der Waals surface area (Å²) >= 11 is 0. The van der Waals surface area contributed by atoms with Crippen molar-refractivity contribution < 1.29 is 22.3 Å². The third-order valence-electron chi connectivity index (χ3n) is 2.73. The predicted molar refractivity (Wildman–Crippen MR) is 68.5 cm³/mol. The lowest BCUT2D eigenvalue weighted by atomic mass is 10.3. The van der Waals surface area contributed by atoms with Crippen molar-refractivity contribution in [1.82, 2.24) is 4.57 Å². The van der Waals surface area contributed by atoms with Crippen LogP contribution in [0.25, 0.3) is 0 Å². The summed E-state index contributed by atoms with van der Waals surface area (Å²) in [4.78, 5) is -0.146. The van der Waals surface area contributed by atoms with E-state index in [0.29, 0.717) is 5.69 Å². The van der Waals surface area contributed by atoms with Gasteiger partial charge in [-0.05, 0) is 18.2 Å². The molecule has 0 saturated heterocycles. The normalized spacial score (nSPS) is 11.6. The van der Waals surface area contributed by atoms with Gasteiger partial charge in [-0.15, -0.1) is 0 Å². The van der Waals surface area contributed by atoms with Crippen LogP contribution in [0.4, 0.5) is 14.5 Å². The van der Waals surface area contributed by atoms with Crippen LogP contribution in [0.5, 0.6) is 0 Å². The van der Waals surface area contributed by atoms with E-state index >= 15 is 0 Å². The molecule has 0 aliphatic heterocycles. The smallest absolute Gasteiger partial charge is 0.263 e. The second-order valence-corrected chi connectivity index (χ2v) is 5.85. The Morgan fingerprint density at radius 1 is 1.30 bits per heavy atom. The minimum atomic E-state index is -4.05. The van der Waals surface area contributed by atoms with Gasteiger partial charge in [0.15, 0.2) is 0 Å². The molecule has 0 aliphatic carbocycles. The fraction of sp³-hybridized carbons (Fsp3) is 0.167. The highest BCUT2D eigenvalue weighted by molar-refractivity contribution is 7.92. The van der Waals surface area contributed by atoms with Gasteiger partial charge in [-0.3, -0.25) is 4.72 Å². The van der Waals surface area contributed by atoms with Crippen LogP contribution in [0, 0.1) is 11.6 Å². The van der Waals surface area contributed by atoms with Crippen LogP contribution >= 0.6 is 0 Å². The van der Waals surface area contributed by atoms with E-state index in [1.54, 1.807) is 7.05 Å². The summed E-state index contributed by atoms with van der Waals surface area (Å²) in [5, 5.41) is 9.02. The quantitative estimate of drug-likeness (QED) is 0.901. The zero-order valence-electron chi connectivity index (χ0n) is 10.5. The summed E-state index contributed by atoms with van der Waals surface area (Å²) < 4.78 is 53.9. The lowest BCUT2D eigenvalue weighted by Crippen LogP contribution is -2.13. The second kappa shape index (κ2) is 5.22. The summed E-state index contributed by atoms with van der Waals surface area (Å²) in [5.41, 5.74) is -0.0931. The van der Waals surface area contributed by atoms with Crippen LogP contribution in [-0.4, -0.2) is 18.1 Å². The van der Waals surface area contributed by atoms with Gasteiger partial charge in [-0.1, -0.05) is 0 Å². The highest BCUT2D eigenvalue weighted by Gasteiger charge is 2.19. The maximum absolute atomic E-state index is 13.4. The number of halogens is 2. The number of aliphatic hydroxyl groups is 1. The number of hydrogen-bond acceptors (Lipinski definition) is 3. The van der Waals surface area contributed by atoms with Crippen molar-refractivity contribution in [2.24, 2.45) is 7.05 Å². The Kier molecular flexibility index (Phi) is 3.78. The van der Waals surface area contributed by atoms with Gasteiger partial charge in [-0.25, -0.2) is 17.2 Å². The maximum atomic E-state index is 13.4. The van der Waals surface area contributed by atoms with Gasteiger partial charge in [0.25, 0.3) is 10.0 Å². The molecule has 1 heterocycles. The fourth-order valence-electron chi connectivity index (χ4n) is 1.66. The van der Waals surface area contributed by atoms with Crippen LogP contribution < -0.4 is 4.72 Å². The first kappa shape index (κ1) is 14.5. The minimum absolute atomic E-state index is 0.146. The summed E-state index contributed by atoms with van der Waals surface area (Å²) in [6.45, 7) is -0.333. The number of aryl methyl sites for hydroxylation is 1. The van der Waals surface area contributed by atoms with Gasteiger partial charge < -0.3 is 9.67 Å². The molecule has 1 aromatic heterocycles. The number of benzene rings is 1. The Labute approximate surface area is 114 Å². The van der Waals surface area contributed by atoms with Crippen molar-refractivity contribution in [2.45, 2.75) is 11.5 Å². The minimum Gasteiger partial charge on any atom is -0.390 e. The Morgan fingerprint density at radius 3 is 2.60 bits per heavy atom. The van der Waals surface area contributed by atoms with Gasteiger partial charge in [0.2, 0.25) is 0 Å². The van der Waals surface area contributed by atoms with Crippen LogP contribution in [0.1, 0.15) is 5.69 Å². The van der Waals surface area contributed by atoms with Crippen molar-refractivity contribution in [3.8, 4) is 0 Å². The fourth-order valence-corrected chi connectivity index (χ4v) is 2.81. The van der Waals surface area contributed by atoms with Gasteiger partial charge >= 0.3 is 0 Å². The third kappa shape index (κ3) is 2.81. The topological polar surface area (TPSA) is 71.3 Å². The Balaban J connectivity index is 2.37. The Bertz CT molecular complexity index is 741. The molecular formula is C12H12F2N2O3S. The summed E-state index contributed by atoms with van der Waals surface area (Å²) in [6, 6.07) is 3.72. The second-order valence-electron chi connectivity index (χ2n) is 4.17. The van der Waals surface area contributed by atoms with Crippen LogP contribution in [0.3, 0.4) is 0 Å². The SMILES string of the molecule is Cn1cc(S(=O)(=O)Nc2cc(F)ccc2F)cc1CO. The lowest BCUT2D eigenvalue weighted by Gasteiger charge is -2.07. The monoisotopic (exact) mass is 302 g/mol. The van der Waals surface area contributed by atoms with Crippen LogP contribution in [0.2, 0.25) is 0 Å². The van der Waals surface area contributed by atoms with Crippen molar-refractivity contribution in [1.29, 1.82) is 0 Å². The molecule has 5 nitrogen and oxygen atoms in total. The number of nitrogens with zero attached hydrogens (tertiary/aromatic N) is 1. The molecule has 1 aromatic carbocycles. The van der Waals surface area contributed by atoms with Gasteiger partial charge in [0.05, 0.1) is 12.3 Å². The third-order valence-corrected chi connectivity index (χ3v) is 4.06. The molecule has 0 spiro atoms. The van der Waals surface area contributed by atoms with E-state index < -0.39 is 27.3 Å². The predicted octanol–water partition coefficient (Wildman–Crippen LogP) is 1.60. The van der Waals surface area contributed by atoms with Gasteiger partial charge in [0, 0.05) is 25.0 Å². The zero-order chi connectivity index (χ0) is 14.9. The molecule has 0 unspecified atom stereocenters. The molecular weight excluding hydrogens is 290 g/mol. The molecule has 0 amide bonds. The van der Waals surface area contributed by atoms with E-state index in [1.165, 1.54) is 16.8 Å². The van der Waals surface area contributed by atoms with E-state index in [1.807, 2.05) is 4.72 Å². The van der Waals surface area contributed by atoms with E-state index in [2.05, 4.69) is 0 Å². The Hall–Kier alpha value is -1.93. The zero-order valence-corrected chi connectivity index (χ0v) is 11.3. The van der Waals surface area contributed by atoms with E-state index in [4.69, 9.17) is 5.11 Å². The van der Waals surface area contributed by atoms with Gasteiger partial charge in [0.1, 0.15) is 16.5 Å². The molecule has 0 radical (unpaired) electrons. The van der Waals surface area contributed by atoms with Crippen molar-refractivity contribution >= 4 is 15.7 Å². The summed E-state index contributed by atoms with van der Waals surface area (Å²) in [6.07, 6.45) is 1.27. The molecule has 20 heavy (non-hydrogen) atoms. The van der Waals surface area contributed by atoms with Crippen molar-refractivity contribution in [2.75, 3.05) is 4.72 Å². The number of aliphatic hydroxyl groups excluding tert-OH is 1. The number of hydrogen-bond donors (Lipinski definition) is 2. The number of nitrogens with one attached hydrogen (secondary N) is 1. The molecule has 2 aromatic rings. The van der Waals surface area contributed by atoms with Crippen LogP contribution in [0.15, 0.2) is 35.4 Å². The largest absolute Gasteiger partial charge is 0.390 e. The highest BCUT2D eigenvalue weighted by atomic mass is 32.2. The molecule has 2 rings (SSSR count). The number of anilines is 1. The molecule has 0 atom stereocenters. The van der Waals surface area contributed by atoms with E-state index in [0.717, 1.165) is 18.2 Å². The molecule has 0 fully saturated rings. The number of sulfonamides is 1. The molecule has 0 bridgehead atoms. The number of aromatic nitrogens is 1. The summed E-state index contributed by atoms with van der Waals surface area (Å²) in [5.74, 6) is -1.64. The van der Waals surface area contributed by atoms with Crippen LogP contribution in [-0.2, 0) is 23.7 Å². The average molecular weight is 302 g/mol. The molecule has 0 aliphatic rings. The average Bonchev–Trinajstić information content (AvgIpc) is 2.76. The highest BCUT2D eigenvalue weighted by Crippen LogP contribution is 2.21. The van der Waals surface area contributed by atoms with E-state index in [9.17, 15) is 17.2 Å². The Morgan fingerprint density at radius 2 is 2.00 bits per heavy atom. The first-order valence-corrected chi connectivity index (χ1v) is 7.06. The first-order valence-electron chi connectivity index (χ1n) is 5.57. The lowest BCUT2D eigenvalue weighted by molar-refractivity contribution is 0.272. The first-order chi connectivity index (χ1) is 9.33. The van der Waals surface area contributed by atoms with Crippen molar-refractivity contribution in [3.63, 3.8) is 0 Å². The molecule has 8 heteroatoms. The molecule has 2 N–H and O–H groups in total. The standard InChI is InChI=1S/C12H12F2N2O3S/c1-16-6-10(5-9(16)7-17)20(18,19)15-12-4-8(13)2-3-11(12)14/h2-6,15,17H,7H2,1H3. The molecule has 108 valence electrons. The van der Waals surface area contributed by atoms with Gasteiger partial charge in [-0.2, -0.15) is 0 Å². The number of rotatable bonds is 4. The van der Waals surface area contributed by atoms with Crippen molar-refractivity contribution in [3.05, 3.63) is 47.8 Å².